The fraction of sp³-hybridized carbons (Fsp3) is 0.643. The predicted octanol–water partition coefficient (Wildman–Crippen LogP) is 1.37. The first-order valence-corrected chi connectivity index (χ1v) is 8.84. The molecule has 1 aromatic heterocycles. The number of hydrogen-bond donors (Lipinski definition) is 1. The number of pyridine rings is 1. The van der Waals surface area contributed by atoms with Gasteiger partial charge in [-0.3, -0.25) is 4.98 Å². The molecule has 0 aromatic carbocycles. The van der Waals surface area contributed by atoms with E-state index in [1.807, 2.05) is 0 Å². The largest absolute Gasteiger partial charge is 0.314 e. The van der Waals surface area contributed by atoms with Crippen molar-refractivity contribution in [3.63, 3.8) is 0 Å². The van der Waals surface area contributed by atoms with E-state index in [9.17, 15) is 12.8 Å². The summed E-state index contributed by atoms with van der Waals surface area (Å²) in [4.78, 5) is 3.58. The summed E-state index contributed by atoms with van der Waals surface area (Å²) in [5.74, 6) is -0.296. The normalized spacial score (nSPS) is 24.1. The molecule has 116 valence electrons. The lowest BCUT2D eigenvalue weighted by molar-refractivity contribution is 0.259. The van der Waals surface area contributed by atoms with Gasteiger partial charge < -0.3 is 5.32 Å². The van der Waals surface area contributed by atoms with Crippen LogP contribution in [0.1, 0.15) is 25.7 Å². The topological polar surface area (TPSA) is 62.3 Å². The highest BCUT2D eigenvalue weighted by molar-refractivity contribution is 7.89. The van der Waals surface area contributed by atoms with Crippen molar-refractivity contribution in [2.24, 2.45) is 5.92 Å². The van der Waals surface area contributed by atoms with Gasteiger partial charge in [0.2, 0.25) is 10.0 Å². The van der Waals surface area contributed by atoms with Crippen LogP contribution >= 0.6 is 0 Å². The Bertz CT molecular complexity index is 604. The van der Waals surface area contributed by atoms with Crippen molar-refractivity contribution < 1.29 is 12.8 Å². The summed E-state index contributed by atoms with van der Waals surface area (Å²) in [7, 11) is -3.64. The molecule has 0 bridgehead atoms. The molecule has 5 nitrogen and oxygen atoms in total. The van der Waals surface area contributed by atoms with Gasteiger partial charge in [-0.1, -0.05) is 0 Å². The Morgan fingerprint density at radius 1 is 1.33 bits per heavy atom. The molecule has 7 heteroatoms. The van der Waals surface area contributed by atoms with Crippen molar-refractivity contribution >= 4 is 10.0 Å². The van der Waals surface area contributed by atoms with E-state index >= 15 is 0 Å². The molecule has 1 aliphatic carbocycles. The Labute approximate surface area is 124 Å². The Morgan fingerprint density at radius 3 is 2.86 bits per heavy atom. The monoisotopic (exact) mass is 313 g/mol. The van der Waals surface area contributed by atoms with E-state index in [-0.39, 0.29) is 4.90 Å². The van der Waals surface area contributed by atoms with Crippen LogP contribution in [0, 0.1) is 11.7 Å². The van der Waals surface area contributed by atoms with Gasteiger partial charge in [0.15, 0.2) is 0 Å². The minimum atomic E-state index is -3.64. The van der Waals surface area contributed by atoms with Gasteiger partial charge in [-0.2, -0.15) is 4.31 Å². The lowest BCUT2D eigenvalue weighted by Crippen LogP contribution is -2.43. The highest BCUT2D eigenvalue weighted by atomic mass is 32.2. The molecule has 1 saturated heterocycles. The predicted molar refractivity (Wildman–Crippen MR) is 76.7 cm³/mol. The van der Waals surface area contributed by atoms with Gasteiger partial charge in [0, 0.05) is 25.3 Å². The number of nitrogens with one attached hydrogen (secondary N) is 1. The molecule has 1 saturated carbocycles. The average molecular weight is 313 g/mol. The number of halogens is 1. The SMILES string of the molecule is O=S(=O)(c1cncc(F)c1)N1CCCC(CNC2CC2)C1. The number of piperidine rings is 1. The third kappa shape index (κ3) is 3.59. The van der Waals surface area contributed by atoms with E-state index in [4.69, 9.17) is 0 Å². The fourth-order valence-electron chi connectivity index (χ4n) is 2.72. The van der Waals surface area contributed by atoms with Gasteiger partial charge in [0.25, 0.3) is 0 Å². The van der Waals surface area contributed by atoms with Crippen LogP contribution in [0.5, 0.6) is 0 Å². The molecule has 0 radical (unpaired) electrons. The van der Waals surface area contributed by atoms with Gasteiger partial charge >= 0.3 is 0 Å². The molecule has 0 amide bonds. The number of aromatic nitrogens is 1. The fourth-order valence-corrected chi connectivity index (χ4v) is 4.25. The maximum atomic E-state index is 13.2. The zero-order valence-electron chi connectivity index (χ0n) is 11.8. The van der Waals surface area contributed by atoms with Crippen LogP contribution in [0.15, 0.2) is 23.4 Å². The lowest BCUT2D eigenvalue weighted by Gasteiger charge is -2.32. The van der Waals surface area contributed by atoms with Crippen LogP contribution in [0.25, 0.3) is 0 Å². The van der Waals surface area contributed by atoms with E-state index in [1.165, 1.54) is 23.3 Å². The molecule has 0 spiro atoms. The first-order chi connectivity index (χ1) is 10.1. The van der Waals surface area contributed by atoms with Crippen LogP contribution in [0.4, 0.5) is 4.39 Å². The van der Waals surface area contributed by atoms with Crippen LogP contribution in [0.2, 0.25) is 0 Å². The summed E-state index contributed by atoms with van der Waals surface area (Å²) in [6, 6.07) is 1.67. The molecule has 2 heterocycles. The Morgan fingerprint density at radius 2 is 2.14 bits per heavy atom. The molecule has 1 N–H and O–H groups in total. The van der Waals surface area contributed by atoms with Crippen molar-refractivity contribution in [2.45, 2.75) is 36.6 Å². The van der Waals surface area contributed by atoms with Crippen molar-refractivity contribution in [2.75, 3.05) is 19.6 Å². The molecular weight excluding hydrogens is 293 g/mol. The van der Waals surface area contributed by atoms with E-state index < -0.39 is 15.8 Å². The highest BCUT2D eigenvalue weighted by Crippen LogP contribution is 2.25. The summed E-state index contributed by atoms with van der Waals surface area (Å²) < 4.78 is 39.7. The zero-order valence-corrected chi connectivity index (χ0v) is 12.7. The first kappa shape index (κ1) is 14.9. The van der Waals surface area contributed by atoms with Gasteiger partial charge in [-0.15, -0.1) is 0 Å². The third-order valence-electron chi connectivity index (χ3n) is 4.07. The van der Waals surface area contributed by atoms with Gasteiger partial charge in [0.1, 0.15) is 10.7 Å². The minimum absolute atomic E-state index is 0.0571. The third-order valence-corrected chi connectivity index (χ3v) is 5.90. The second-order valence-corrected chi connectivity index (χ2v) is 7.83. The maximum absolute atomic E-state index is 13.2. The zero-order chi connectivity index (χ0) is 14.9. The average Bonchev–Trinajstić information content (AvgIpc) is 3.30. The lowest BCUT2D eigenvalue weighted by atomic mass is 10.00. The maximum Gasteiger partial charge on any atom is 0.244 e. The van der Waals surface area contributed by atoms with Crippen LogP contribution < -0.4 is 5.32 Å². The molecule has 1 aromatic rings. The number of sulfonamides is 1. The molecule has 3 rings (SSSR count). The number of hydrogen-bond acceptors (Lipinski definition) is 4. The van der Waals surface area contributed by atoms with Crippen molar-refractivity contribution in [3.05, 3.63) is 24.3 Å². The van der Waals surface area contributed by atoms with Gasteiger partial charge in [-0.05, 0) is 44.2 Å². The first-order valence-electron chi connectivity index (χ1n) is 7.40. The number of rotatable bonds is 5. The van der Waals surface area contributed by atoms with E-state index in [2.05, 4.69) is 10.3 Å². The van der Waals surface area contributed by atoms with Crippen molar-refractivity contribution in [3.8, 4) is 0 Å². The van der Waals surface area contributed by atoms with Gasteiger partial charge in [0.05, 0.1) is 6.20 Å². The Balaban J connectivity index is 1.69. The molecule has 1 atom stereocenters. The summed E-state index contributed by atoms with van der Waals surface area (Å²) >= 11 is 0. The summed E-state index contributed by atoms with van der Waals surface area (Å²) in [6.07, 6.45) is 6.56. The van der Waals surface area contributed by atoms with Crippen LogP contribution in [-0.4, -0.2) is 43.4 Å². The second kappa shape index (κ2) is 5.98. The molecule has 2 aliphatic rings. The Hall–Kier alpha value is -1.05. The number of nitrogens with zero attached hydrogens (tertiary/aromatic N) is 2. The smallest absolute Gasteiger partial charge is 0.244 e. The Kier molecular flexibility index (Phi) is 4.24. The van der Waals surface area contributed by atoms with Crippen molar-refractivity contribution in [1.29, 1.82) is 0 Å². The summed E-state index contributed by atoms with van der Waals surface area (Å²) in [6.45, 7) is 1.86. The highest BCUT2D eigenvalue weighted by Gasteiger charge is 2.31. The summed E-state index contributed by atoms with van der Waals surface area (Å²) in [5.41, 5.74) is 0. The van der Waals surface area contributed by atoms with E-state index in [0.29, 0.717) is 25.0 Å². The van der Waals surface area contributed by atoms with Crippen LogP contribution in [0.3, 0.4) is 0 Å². The molecule has 2 fully saturated rings. The molecule has 1 unspecified atom stereocenters. The van der Waals surface area contributed by atoms with Crippen LogP contribution in [-0.2, 0) is 10.0 Å². The molecule has 1 aliphatic heterocycles. The standard InChI is InChI=1S/C14H20FN3O2S/c15-12-6-14(9-16-8-12)21(19,20)18-5-1-2-11(10-18)7-17-13-3-4-13/h6,8-9,11,13,17H,1-5,7,10H2. The summed E-state index contributed by atoms with van der Waals surface area (Å²) in [5, 5.41) is 3.45. The minimum Gasteiger partial charge on any atom is -0.314 e. The molecular formula is C14H20FN3O2S. The van der Waals surface area contributed by atoms with E-state index in [1.54, 1.807) is 0 Å². The molecule has 21 heavy (non-hydrogen) atoms. The second-order valence-electron chi connectivity index (χ2n) is 5.89. The quantitative estimate of drug-likeness (QED) is 0.892. The van der Waals surface area contributed by atoms with Gasteiger partial charge in [-0.25, -0.2) is 12.8 Å². The van der Waals surface area contributed by atoms with E-state index in [0.717, 1.165) is 31.6 Å². The van der Waals surface area contributed by atoms with Crippen molar-refractivity contribution in [1.82, 2.24) is 14.6 Å².